The maximum Gasteiger partial charge on any atom is 0.234 e. The second-order valence-corrected chi connectivity index (χ2v) is 5.16. The van der Waals surface area contributed by atoms with E-state index in [9.17, 15) is 4.79 Å². The topological polar surface area (TPSA) is 41.1 Å². The van der Waals surface area contributed by atoms with E-state index in [0.717, 1.165) is 11.3 Å². The van der Waals surface area contributed by atoms with Crippen LogP contribution >= 0.6 is 11.8 Å². The number of amides is 1. The third-order valence-electron chi connectivity index (χ3n) is 2.41. The van der Waals surface area contributed by atoms with Crippen molar-refractivity contribution in [1.29, 1.82) is 0 Å². The fraction of sp³-hybridized carbons (Fsp3) is 0.462. The third-order valence-corrected chi connectivity index (χ3v) is 3.30. The number of carbonyl (C=O) groups excluding carboxylic acids is 1. The summed E-state index contributed by atoms with van der Waals surface area (Å²) in [5.74, 6) is 1.10. The SMILES string of the molecule is CCSc1ccc(C(C)NC(=O)CNC)cc1. The monoisotopic (exact) mass is 252 g/mol. The molecule has 1 atom stereocenters. The fourth-order valence-corrected chi connectivity index (χ4v) is 2.22. The highest BCUT2D eigenvalue weighted by Gasteiger charge is 2.08. The summed E-state index contributed by atoms with van der Waals surface area (Å²) in [7, 11) is 1.76. The minimum Gasteiger partial charge on any atom is -0.348 e. The highest BCUT2D eigenvalue weighted by molar-refractivity contribution is 7.99. The molecule has 3 nitrogen and oxygen atoms in total. The predicted octanol–water partition coefficient (Wildman–Crippen LogP) is 2.20. The van der Waals surface area contributed by atoms with Crippen LogP contribution in [0.15, 0.2) is 29.2 Å². The first-order valence-electron chi connectivity index (χ1n) is 5.84. The van der Waals surface area contributed by atoms with Crippen LogP contribution in [0.25, 0.3) is 0 Å². The Morgan fingerprint density at radius 1 is 1.35 bits per heavy atom. The van der Waals surface area contributed by atoms with E-state index >= 15 is 0 Å². The molecule has 0 fully saturated rings. The van der Waals surface area contributed by atoms with E-state index in [4.69, 9.17) is 0 Å². The lowest BCUT2D eigenvalue weighted by molar-refractivity contribution is -0.120. The summed E-state index contributed by atoms with van der Waals surface area (Å²) in [4.78, 5) is 12.7. The van der Waals surface area contributed by atoms with E-state index in [1.165, 1.54) is 4.90 Å². The van der Waals surface area contributed by atoms with E-state index in [0.29, 0.717) is 6.54 Å². The van der Waals surface area contributed by atoms with Gasteiger partial charge in [0.1, 0.15) is 0 Å². The summed E-state index contributed by atoms with van der Waals surface area (Å²) in [6.07, 6.45) is 0. The molecule has 0 saturated carbocycles. The van der Waals surface area contributed by atoms with Crippen LogP contribution in [0.3, 0.4) is 0 Å². The number of carbonyl (C=O) groups is 1. The molecular formula is C13H20N2OS. The fourth-order valence-electron chi connectivity index (χ4n) is 1.56. The molecule has 0 aliphatic carbocycles. The Bertz CT molecular complexity index is 351. The van der Waals surface area contributed by atoms with Crippen LogP contribution in [-0.4, -0.2) is 25.3 Å². The molecule has 0 aliphatic heterocycles. The van der Waals surface area contributed by atoms with Gasteiger partial charge in [0, 0.05) is 4.90 Å². The van der Waals surface area contributed by atoms with Crippen molar-refractivity contribution < 1.29 is 4.79 Å². The summed E-state index contributed by atoms with van der Waals surface area (Å²) in [5, 5.41) is 5.78. The molecule has 0 bridgehead atoms. The molecule has 1 aromatic rings. The number of nitrogens with one attached hydrogen (secondary N) is 2. The van der Waals surface area contributed by atoms with Crippen LogP contribution in [0.2, 0.25) is 0 Å². The van der Waals surface area contributed by atoms with Crippen molar-refractivity contribution in [2.75, 3.05) is 19.3 Å². The Hall–Kier alpha value is -1.00. The Labute approximate surface area is 107 Å². The lowest BCUT2D eigenvalue weighted by atomic mass is 10.1. The van der Waals surface area contributed by atoms with Crippen molar-refractivity contribution >= 4 is 17.7 Å². The third kappa shape index (κ3) is 4.79. The summed E-state index contributed by atoms with van der Waals surface area (Å²) in [5.41, 5.74) is 1.13. The largest absolute Gasteiger partial charge is 0.348 e. The van der Waals surface area contributed by atoms with E-state index in [1.807, 2.05) is 18.7 Å². The Morgan fingerprint density at radius 3 is 2.53 bits per heavy atom. The zero-order valence-electron chi connectivity index (χ0n) is 10.6. The van der Waals surface area contributed by atoms with Gasteiger partial charge in [0.2, 0.25) is 5.91 Å². The molecule has 1 amide bonds. The molecule has 0 spiro atoms. The summed E-state index contributed by atoms with van der Waals surface area (Å²) < 4.78 is 0. The molecule has 1 rings (SSSR count). The van der Waals surface area contributed by atoms with Gasteiger partial charge in [0.25, 0.3) is 0 Å². The van der Waals surface area contributed by atoms with Crippen LogP contribution in [0.1, 0.15) is 25.5 Å². The standard InChI is InChI=1S/C13H20N2OS/c1-4-17-12-7-5-11(6-8-12)10(2)15-13(16)9-14-3/h5-8,10,14H,4,9H2,1-3H3,(H,15,16). The molecule has 0 radical (unpaired) electrons. The maximum atomic E-state index is 11.4. The molecule has 0 aliphatic rings. The molecule has 17 heavy (non-hydrogen) atoms. The van der Waals surface area contributed by atoms with Gasteiger partial charge in [-0.3, -0.25) is 4.79 Å². The smallest absolute Gasteiger partial charge is 0.234 e. The average Bonchev–Trinajstić information content (AvgIpc) is 2.30. The summed E-state index contributed by atoms with van der Waals surface area (Å²) in [6.45, 7) is 4.49. The molecule has 2 N–H and O–H groups in total. The van der Waals surface area contributed by atoms with Crippen LogP contribution in [0.5, 0.6) is 0 Å². The molecule has 4 heteroatoms. The van der Waals surface area contributed by atoms with Crippen molar-refractivity contribution in [3.05, 3.63) is 29.8 Å². The van der Waals surface area contributed by atoms with Crippen molar-refractivity contribution in [3.63, 3.8) is 0 Å². The average molecular weight is 252 g/mol. The first kappa shape index (κ1) is 14.1. The molecule has 0 heterocycles. The van der Waals surface area contributed by atoms with Gasteiger partial charge in [0.05, 0.1) is 12.6 Å². The number of thioether (sulfide) groups is 1. The first-order valence-corrected chi connectivity index (χ1v) is 6.82. The second kappa shape index (κ2) is 7.35. The Balaban J connectivity index is 2.56. The normalized spacial score (nSPS) is 12.2. The van der Waals surface area contributed by atoms with Crippen molar-refractivity contribution in [2.45, 2.75) is 24.8 Å². The molecule has 1 aromatic carbocycles. The summed E-state index contributed by atoms with van der Waals surface area (Å²) in [6, 6.07) is 8.40. The lowest BCUT2D eigenvalue weighted by Gasteiger charge is -2.14. The van der Waals surface area contributed by atoms with Crippen molar-refractivity contribution in [2.24, 2.45) is 0 Å². The van der Waals surface area contributed by atoms with E-state index < -0.39 is 0 Å². The summed E-state index contributed by atoms with van der Waals surface area (Å²) >= 11 is 1.82. The van der Waals surface area contributed by atoms with Gasteiger partial charge < -0.3 is 10.6 Å². The Kier molecular flexibility index (Phi) is 6.08. The van der Waals surface area contributed by atoms with Gasteiger partial charge in [-0.25, -0.2) is 0 Å². The zero-order chi connectivity index (χ0) is 12.7. The Morgan fingerprint density at radius 2 is 2.00 bits per heavy atom. The molecule has 1 unspecified atom stereocenters. The van der Waals surface area contributed by atoms with Crippen LogP contribution < -0.4 is 10.6 Å². The minimum atomic E-state index is 0.0204. The minimum absolute atomic E-state index is 0.0204. The highest BCUT2D eigenvalue weighted by atomic mass is 32.2. The van der Waals surface area contributed by atoms with Gasteiger partial charge in [-0.2, -0.15) is 0 Å². The van der Waals surface area contributed by atoms with Crippen LogP contribution in [0, 0.1) is 0 Å². The van der Waals surface area contributed by atoms with E-state index in [1.54, 1.807) is 7.05 Å². The number of benzene rings is 1. The van der Waals surface area contributed by atoms with Crippen LogP contribution in [-0.2, 0) is 4.79 Å². The van der Waals surface area contributed by atoms with Crippen molar-refractivity contribution in [3.8, 4) is 0 Å². The van der Waals surface area contributed by atoms with E-state index in [2.05, 4.69) is 41.8 Å². The first-order chi connectivity index (χ1) is 8.17. The molecule has 0 aromatic heterocycles. The second-order valence-electron chi connectivity index (χ2n) is 3.82. The van der Waals surface area contributed by atoms with E-state index in [-0.39, 0.29) is 11.9 Å². The van der Waals surface area contributed by atoms with Gasteiger partial charge in [0.15, 0.2) is 0 Å². The molecular weight excluding hydrogens is 232 g/mol. The van der Waals surface area contributed by atoms with Gasteiger partial charge in [-0.1, -0.05) is 19.1 Å². The number of rotatable bonds is 6. The van der Waals surface area contributed by atoms with Crippen LogP contribution in [0.4, 0.5) is 0 Å². The molecule has 0 saturated heterocycles. The predicted molar refractivity (Wildman–Crippen MR) is 73.3 cm³/mol. The molecule has 94 valence electrons. The number of likely N-dealkylation sites (N-methyl/N-ethyl adjacent to an activating group) is 1. The zero-order valence-corrected chi connectivity index (χ0v) is 11.4. The van der Waals surface area contributed by atoms with Gasteiger partial charge >= 0.3 is 0 Å². The maximum absolute atomic E-state index is 11.4. The quantitative estimate of drug-likeness (QED) is 0.763. The number of hydrogen-bond acceptors (Lipinski definition) is 3. The lowest BCUT2D eigenvalue weighted by Crippen LogP contribution is -2.33. The van der Waals surface area contributed by atoms with Crippen molar-refractivity contribution in [1.82, 2.24) is 10.6 Å². The highest BCUT2D eigenvalue weighted by Crippen LogP contribution is 2.20. The number of hydrogen-bond donors (Lipinski definition) is 2. The van der Waals surface area contributed by atoms with Gasteiger partial charge in [-0.15, -0.1) is 11.8 Å². The van der Waals surface area contributed by atoms with Gasteiger partial charge in [-0.05, 0) is 37.4 Å².